The quantitative estimate of drug-likeness (QED) is 0.0503. The largest absolute Gasteiger partial charge is 0.481 e. The molecule has 56 heavy (non-hydrogen) atoms. The highest BCUT2D eigenvalue weighted by Gasteiger charge is 2.50. The molecule has 2 aromatic heterocycles. The summed E-state index contributed by atoms with van der Waals surface area (Å²) in [5.41, 5.74) is 10.1. The van der Waals surface area contributed by atoms with Gasteiger partial charge in [-0.15, -0.1) is 0 Å². The lowest BCUT2D eigenvalue weighted by atomic mass is 9.87. The second-order valence-corrected chi connectivity index (χ2v) is 18.5. The van der Waals surface area contributed by atoms with Crippen LogP contribution in [0.15, 0.2) is 12.7 Å². The summed E-state index contributed by atoms with van der Waals surface area (Å²) in [4.78, 5) is 87.7. The number of phosphoric acid groups is 3. The molecule has 2 aromatic rings. The summed E-state index contributed by atoms with van der Waals surface area (Å²) < 4.78 is 62.1. The number of thioether (sulfide) groups is 1. The van der Waals surface area contributed by atoms with Crippen LogP contribution >= 0.6 is 35.2 Å². The maximum Gasteiger partial charge on any atom is 0.481 e. The van der Waals surface area contributed by atoms with Crippen molar-refractivity contribution in [2.45, 2.75) is 77.2 Å². The van der Waals surface area contributed by atoms with E-state index in [1.54, 1.807) is 0 Å². The van der Waals surface area contributed by atoms with E-state index < -0.39 is 90.6 Å². The Morgan fingerprint density at radius 2 is 1.73 bits per heavy atom. The number of hydrogen-bond donors (Lipinski definition) is 10. The highest BCUT2D eigenvalue weighted by atomic mass is 32.2. The first kappa shape index (κ1) is 47.9. The van der Waals surface area contributed by atoms with E-state index in [0.29, 0.717) is 0 Å². The monoisotopic (exact) mass is 880 g/mol. The number of rotatable bonds is 22. The lowest BCUT2D eigenvalue weighted by molar-refractivity contribution is -0.137. The van der Waals surface area contributed by atoms with Crippen LogP contribution in [-0.2, 0) is 50.7 Å². The lowest BCUT2D eigenvalue weighted by Gasteiger charge is -2.30. The number of carbonyl (C=O) groups excluding carboxylic acids is 3. The van der Waals surface area contributed by atoms with Gasteiger partial charge in [0, 0.05) is 30.7 Å². The first-order chi connectivity index (χ1) is 25.9. The summed E-state index contributed by atoms with van der Waals surface area (Å²) >= 11 is 0.997. The molecule has 3 rings (SSSR count). The minimum Gasteiger partial charge on any atom is -0.386 e. The number of carbonyl (C=O) groups is 3. The second-order valence-electron chi connectivity index (χ2n) is 13.1. The van der Waals surface area contributed by atoms with Crippen LogP contribution < -0.4 is 22.1 Å². The third kappa shape index (κ3) is 13.8. The van der Waals surface area contributed by atoms with Crippen molar-refractivity contribution in [3.05, 3.63) is 12.7 Å². The van der Waals surface area contributed by atoms with Gasteiger partial charge in [0.25, 0.3) is 0 Å². The molecule has 9 atom stereocenters. The number of aliphatic hydroxyl groups is 2. The molecule has 0 spiro atoms. The number of phosphoric ester groups is 3. The van der Waals surface area contributed by atoms with Crippen molar-refractivity contribution < 1.29 is 80.5 Å². The molecule has 318 valence electrons. The number of nitrogens with two attached hydrogens (primary N) is 2. The summed E-state index contributed by atoms with van der Waals surface area (Å²) in [5.74, 6) is -1.18. The average molecular weight is 881 g/mol. The fourth-order valence-electron chi connectivity index (χ4n) is 4.86. The minimum absolute atomic E-state index is 0.0166. The third-order valence-electron chi connectivity index (χ3n) is 8.28. The van der Waals surface area contributed by atoms with Crippen LogP contribution in [0.3, 0.4) is 0 Å². The maximum absolute atomic E-state index is 12.7. The molecule has 3 heterocycles. The zero-order valence-corrected chi connectivity index (χ0v) is 34.0. The van der Waals surface area contributed by atoms with Gasteiger partial charge in [0.2, 0.25) is 16.9 Å². The standard InChI is InChI=1S/C27H47N8O17P3S/c1-5-14(2)17(28)26(40)56-9-8-30-16(36)6-7-31-24(39)21(38)27(3,4)11-49-55(46,47)52-54(44,45)48-10-15-20(51-53(41,42)43)19(37)25(50-15)35-13-34-18-22(29)32-12-33-23(18)35/h12-15,17,19-21,25,37-38H,5-11,28H2,1-4H3,(H,30,36)(H,31,39)(H,44,45)(H,46,47)(H2,29,32,33)(H2,41,42,43)/t14-,15+,17-,19+,20+,21-,25+/m0/s1. The van der Waals surface area contributed by atoms with E-state index in [2.05, 4.69) is 34.4 Å². The summed E-state index contributed by atoms with van der Waals surface area (Å²) in [6, 6.07) is -0.613. The first-order valence-electron chi connectivity index (χ1n) is 16.7. The van der Waals surface area contributed by atoms with Crippen LogP contribution in [0.4, 0.5) is 5.82 Å². The number of ether oxygens (including phenoxy) is 1. The zero-order chi connectivity index (χ0) is 42.2. The van der Waals surface area contributed by atoms with Crippen LogP contribution in [0.1, 0.15) is 46.8 Å². The molecule has 2 amide bonds. The molecule has 0 aromatic carbocycles. The highest BCUT2D eigenvalue weighted by molar-refractivity contribution is 8.13. The summed E-state index contributed by atoms with van der Waals surface area (Å²) in [6.45, 7) is 4.21. The van der Waals surface area contributed by atoms with Gasteiger partial charge in [-0.1, -0.05) is 45.9 Å². The molecule has 0 radical (unpaired) electrons. The van der Waals surface area contributed by atoms with E-state index in [9.17, 15) is 57.9 Å². The van der Waals surface area contributed by atoms with E-state index in [1.165, 1.54) is 13.8 Å². The van der Waals surface area contributed by atoms with Crippen LogP contribution in [-0.4, -0.2) is 129 Å². The lowest BCUT2D eigenvalue weighted by Crippen LogP contribution is -2.46. The number of nitrogens with one attached hydrogen (secondary N) is 2. The fraction of sp³-hybridized carbons (Fsp3) is 0.704. The van der Waals surface area contributed by atoms with E-state index in [0.717, 1.165) is 35.4 Å². The van der Waals surface area contributed by atoms with Crippen molar-refractivity contribution in [2.24, 2.45) is 17.1 Å². The smallest absolute Gasteiger partial charge is 0.386 e. The molecule has 2 unspecified atom stereocenters. The molecule has 1 saturated heterocycles. The Hall–Kier alpha value is -2.48. The van der Waals surface area contributed by atoms with E-state index in [1.807, 2.05) is 13.8 Å². The van der Waals surface area contributed by atoms with Crippen molar-refractivity contribution in [3.8, 4) is 0 Å². The normalized spacial score (nSPS) is 22.8. The van der Waals surface area contributed by atoms with Crippen molar-refractivity contribution in [2.75, 3.05) is 37.8 Å². The van der Waals surface area contributed by atoms with Crippen LogP contribution in [0.5, 0.6) is 0 Å². The predicted molar refractivity (Wildman–Crippen MR) is 195 cm³/mol. The number of hydrogen-bond acceptors (Lipinski definition) is 19. The molecule has 0 saturated carbocycles. The molecule has 1 aliphatic rings. The Bertz CT molecular complexity index is 1840. The van der Waals surface area contributed by atoms with Gasteiger partial charge in [-0.2, -0.15) is 4.31 Å². The van der Waals surface area contributed by atoms with Gasteiger partial charge < -0.3 is 56.6 Å². The van der Waals surface area contributed by atoms with Crippen molar-refractivity contribution in [3.63, 3.8) is 0 Å². The second kappa shape index (κ2) is 20.0. The van der Waals surface area contributed by atoms with Crippen molar-refractivity contribution >= 4 is 69.1 Å². The zero-order valence-electron chi connectivity index (χ0n) is 30.5. The van der Waals surface area contributed by atoms with Crippen LogP contribution in [0.25, 0.3) is 11.2 Å². The summed E-state index contributed by atoms with van der Waals surface area (Å²) in [7, 11) is -16.4. The van der Waals surface area contributed by atoms with Gasteiger partial charge in [0.15, 0.2) is 17.7 Å². The van der Waals surface area contributed by atoms with Gasteiger partial charge in [-0.3, -0.25) is 32.5 Å². The number of aliphatic hydroxyl groups excluding tert-OH is 2. The number of nitrogens with zero attached hydrogens (tertiary/aromatic N) is 4. The number of nitrogen functional groups attached to an aromatic ring is 1. The number of imidazole rings is 1. The average Bonchev–Trinajstić information content (AvgIpc) is 3.67. The molecule has 25 nitrogen and oxygen atoms in total. The molecule has 1 fully saturated rings. The Kier molecular flexibility index (Phi) is 17.1. The molecule has 0 aliphatic carbocycles. The van der Waals surface area contributed by atoms with E-state index in [-0.39, 0.29) is 53.3 Å². The summed E-state index contributed by atoms with van der Waals surface area (Å²) in [6.07, 6.45) is -6.21. The van der Waals surface area contributed by atoms with E-state index >= 15 is 0 Å². The predicted octanol–water partition coefficient (Wildman–Crippen LogP) is -0.962. The van der Waals surface area contributed by atoms with Gasteiger partial charge in [-0.05, 0) is 5.92 Å². The minimum atomic E-state index is -5.57. The van der Waals surface area contributed by atoms with Crippen LogP contribution in [0, 0.1) is 11.3 Å². The fourth-order valence-corrected chi connectivity index (χ4v) is 8.52. The van der Waals surface area contributed by atoms with Gasteiger partial charge in [-0.25, -0.2) is 28.6 Å². The Morgan fingerprint density at radius 1 is 1.07 bits per heavy atom. The Balaban J connectivity index is 1.49. The van der Waals surface area contributed by atoms with Crippen molar-refractivity contribution in [1.82, 2.24) is 30.2 Å². The van der Waals surface area contributed by atoms with Gasteiger partial charge >= 0.3 is 23.5 Å². The Morgan fingerprint density at radius 3 is 2.38 bits per heavy atom. The molecule has 1 aliphatic heterocycles. The Labute approximate surface area is 324 Å². The van der Waals surface area contributed by atoms with Gasteiger partial charge in [0.1, 0.15) is 36.3 Å². The molecular formula is C27H47N8O17P3S. The number of amides is 2. The highest BCUT2D eigenvalue weighted by Crippen LogP contribution is 2.61. The van der Waals surface area contributed by atoms with Crippen LogP contribution in [0.2, 0.25) is 0 Å². The number of aromatic nitrogens is 4. The molecule has 0 bridgehead atoms. The summed E-state index contributed by atoms with van der Waals surface area (Å²) in [5, 5.41) is 26.2. The topological polar surface area (TPSA) is 390 Å². The maximum atomic E-state index is 12.7. The molecule has 29 heteroatoms. The van der Waals surface area contributed by atoms with Crippen molar-refractivity contribution in [1.29, 1.82) is 0 Å². The number of anilines is 1. The van der Waals surface area contributed by atoms with E-state index in [4.69, 9.17) is 25.3 Å². The SMILES string of the molecule is CC[C@H](C)[C@H](N)C(=O)SCCNC(=O)CCNC(=O)[C@H](O)C(C)(C)COP(=O)(O)OP(=O)(O)OC[C@H]1O[C@@H](n2cnc3c(N)ncnc32)[C@H](O)[C@@H]1OP(=O)(O)O. The first-order valence-corrected chi connectivity index (χ1v) is 22.2. The molecular weight excluding hydrogens is 833 g/mol. The molecule has 12 N–H and O–H groups in total. The van der Waals surface area contributed by atoms with Gasteiger partial charge in [0.05, 0.1) is 25.6 Å². The number of fused-ring (bicyclic) bond motifs is 1. The third-order valence-corrected chi connectivity index (χ3v) is 12.3.